The quantitative estimate of drug-likeness (QED) is 0.707. The van der Waals surface area contributed by atoms with Crippen LogP contribution in [0.25, 0.3) is 11.1 Å². The molecule has 0 atom stereocenters. The first kappa shape index (κ1) is 10.6. The number of nitrogens with zero attached hydrogens (tertiary/aromatic N) is 2. The third-order valence-electron chi connectivity index (χ3n) is 2.16. The number of aromatic nitrogens is 1. The summed E-state index contributed by atoms with van der Waals surface area (Å²) in [6, 6.07) is 9.96. The van der Waals surface area contributed by atoms with Crippen molar-refractivity contribution in [3.05, 3.63) is 53.1 Å². The minimum Gasteiger partial charge on any atom is -0.228 e. The van der Waals surface area contributed by atoms with E-state index in [9.17, 15) is 4.39 Å². The number of halogens is 2. The predicted molar refractivity (Wildman–Crippen MR) is 59.4 cm³/mol. The molecule has 1 heterocycles. The van der Waals surface area contributed by atoms with Crippen molar-refractivity contribution in [1.82, 2.24) is 4.98 Å². The molecule has 0 unspecified atom stereocenters. The van der Waals surface area contributed by atoms with Crippen LogP contribution in [0.2, 0.25) is 5.02 Å². The number of nitriles is 1. The van der Waals surface area contributed by atoms with Crippen molar-refractivity contribution in [2.75, 3.05) is 0 Å². The molecule has 0 N–H and O–H groups in total. The predicted octanol–water partition coefficient (Wildman–Crippen LogP) is 3.41. The molecule has 1 aromatic carbocycles. The molecule has 0 saturated heterocycles. The van der Waals surface area contributed by atoms with Crippen LogP contribution in [-0.2, 0) is 0 Å². The van der Waals surface area contributed by atoms with E-state index in [1.807, 2.05) is 6.07 Å². The van der Waals surface area contributed by atoms with Crippen molar-refractivity contribution in [2.45, 2.75) is 0 Å². The summed E-state index contributed by atoms with van der Waals surface area (Å²) in [7, 11) is 0. The van der Waals surface area contributed by atoms with Crippen LogP contribution in [0.5, 0.6) is 0 Å². The highest BCUT2D eigenvalue weighted by Crippen LogP contribution is 2.26. The Labute approximate surface area is 96.9 Å². The van der Waals surface area contributed by atoms with Gasteiger partial charge < -0.3 is 0 Å². The lowest BCUT2D eigenvalue weighted by Crippen LogP contribution is -1.88. The maximum atomic E-state index is 13.4. The molecule has 0 fully saturated rings. The second-order valence-corrected chi connectivity index (χ2v) is 3.56. The van der Waals surface area contributed by atoms with E-state index in [1.165, 1.54) is 6.20 Å². The molecule has 0 aliphatic heterocycles. The van der Waals surface area contributed by atoms with E-state index in [0.717, 1.165) is 0 Å². The summed E-state index contributed by atoms with van der Waals surface area (Å²) in [5.41, 5.74) is 1.35. The number of hydrogen-bond donors (Lipinski definition) is 0. The van der Waals surface area contributed by atoms with Gasteiger partial charge in [0.15, 0.2) is 0 Å². The molecule has 0 spiro atoms. The highest BCUT2D eigenvalue weighted by atomic mass is 35.5. The number of hydrogen-bond acceptors (Lipinski definition) is 2. The SMILES string of the molecule is N#Cc1ccc(-c2cccnc2F)cc1Cl. The van der Waals surface area contributed by atoms with Crippen LogP contribution in [0, 0.1) is 17.3 Å². The van der Waals surface area contributed by atoms with Gasteiger partial charge in [-0.15, -0.1) is 0 Å². The molecule has 78 valence electrons. The topological polar surface area (TPSA) is 36.7 Å². The van der Waals surface area contributed by atoms with Gasteiger partial charge in [-0.2, -0.15) is 9.65 Å². The molecular weight excluding hydrogens is 227 g/mol. The summed E-state index contributed by atoms with van der Waals surface area (Å²) in [6.07, 6.45) is 1.38. The molecule has 2 aromatic rings. The lowest BCUT2D eigenvalue weighted by molar-refractivity contribution is 0.587. The van der Waals surface area contributed by atoms with Crippen molar-refractivity contribution in [2.24, 2.45) is 0 Å². The van der Waals surface area contributed by atoms with Crippen molar-refractivity contribution in [3.63, 3.8) is 0 Å². The van der Waals surface area contributed by atoms with Crippen LogP contribution in [0.1, 0.15) is 5.56 Å². The molecule has 4 heteroatoms. The van der Waals surface area contributed by atoms with E-state index in [2.05, 4.69) is 4.98 Å². The Morgan fingerprint density at radius 1 is 1.31 bits per heavy atom. The molecule has 0 bridgehead atoms. The molecule has 2 rings (SSSR count). The van der Waals surface area contributed by atoms with Crippen LogP contribution in [0.4, 0.5) is 4.39 Å². The Hall–Kier alpha value is -1.92. The van der Waals surface area contributed by atoms with E-state index >= 15 is 0 Å². The number of rotatable bonds is 1. The third-order valence-corrected chi connectivity index (χ3v) is 2.47. The lowest BCUT2D eigenvalue weighted by Gasteiger charge is -2.03. The summed E-state index contributed by atoms with van der Waals surface area (Å²) in [5, 5.41) is 9.02. The van der Waals surface area contributed by atoms with E-state index in [1.54, 1.807) is 30.3 Å². The van der Waals surface area contributed by atoms with Gasteiger partial charge in [-0.05, 0) is 29.8 Å². The minimum absolute atomic E-state index is 0.309. The fourth-order valence-electron chi connectivity index (χ4n) is 1.37. The summed E-state index contributed by atoms with van der Waals surface area (Å²) < 4.78 is 13.4. The highest BCUT2D eigenvalue weighted by Gasteiger charge is 2.07. The highest BCUT2D eigenvalue weighted by molar-refractivity contribution is 6.32. The summed E-state index contributed by atoms with van der Waals surface area (Å²) >= 11 is 5.87. The molecule has 16 heavy (non-hydrogen) atoms. The van der Waals surface area contributed by atoms with Crippen LogP contribution in [-0.4, -0.2) is 4.98 Å². The molecule has 0 aliphatic carbocycles. The fourth-order valence-corrected chi connectivity index (χ4v) is 1.60. The van der Waals surface area contributed by atoms with E-state index in [0.29, 0.717) is 21.7 Å². The van der Waals surface area contributed by atoms with Gasteiger partial charge in [-0.3, -0.25) is 0 Å². The Bertz CT molecular complexity index is 575. The normalized spacial score (nSPS) is 9.81. The van der Waals surface area contributed by atoms with Gasteiger partial charge in [0, 0.05) is 11.8 Å². The van der Waals surface area contributed by atoms with Crippen molar-refractivity contribution >= 4 is 11.6 Å². The Morgan fingerprint density at radius 3 is 2.75 bits per heavy atom. The molecule has 0 aliphatic rings. The van der Waals surface area contributed by atoms with E-state index in [4.69, 9.17) is 16.9 Å². The standard InChI is InChI=1S/C12H6ClFN2/c13-11-6-8(3-4-9(11)7-15)10-2-1-5-16-12(10)14/h1-6H. The van der Waals surface area contributed by atoms with Crippen molar-refractivity contribution < 1.29 is 4.39 Å². The van der Waals surface area contributed by atoms with Crippen LogP contribution < -0.4 is 0 Å². The van der Waals surface area contributed by atoms with E-state index < -0.39 is 5.95 Å². The summed E-state index contributed by atoms with van der Waals surface area (Å²) in [5.74, 6) is -0.553. The molecule has 0 amide bonds. The molecule has 1 aromatic heterocycles. The zero-order valence-corrected chi connectivity index (χ0v) is 8.87. The Balaban J connectivity index is 2.55. The third kappa shape index (κ3) is 1.88. The lowest BCUT2D eigenvalue weighted by atomic mass is 10.1. The summed E-state index contributed by atoms with van der Waals surface area (Å²) in [6.45, 7) is 0. The first-order valence-corrected chi connectivity index (χ1v) is 4.90. The van der Waals surface area contributed by atoms with Gasteiger partial charge >= 0.3 is 0 Å². The average Bonchev–Trinajstić information content (AvgIpc) is 2.29. The molecule has 0 radical (unpaired) electrons. The maximum absolute atomic E-state index is 13.4. The fraction of sp³-hybridized carbons (Fsp3) is 0. The van der Waals surface area contributed by atoms with Gasteiger partial charge in [0.05, 0.1) is 10.6 Å². The Morgan fingerprint density at radius 2 is 2.12 bits per heavy atom. The molecular formula is C12H6ClFN2. The largest absolute Gasteiger partial charge is 0.228 e. The minimum atomic E-state index is -0.553. The second kappa shape index (κ2) is 4.30. The number of pyridine rings is 1. The van der Waals surface area contributed by atoms with Gasteiger partial charge in [0.1, 0.15) is 6.07 Å². The first-order valence-electron chi connectivity index (χ1n) is 4.53. The number of benzene rings is 1. The first-order chi connectivity index (χ1) is 7.72. The molecule has 2 nitrogen and oxygen atoms in total. The maximum Gasteiger partial charge on any atom is 0.220 e. The second-order valence-electron chi connectivity index (χ2n) is 3.15. The van der Waals surface area contributed by atoms with Gasteiger partial charge in [0.25, 0.3) is 0 Å². The monoisotopic (exact) mass is 232 g/mol. The van der Waals surface area contributed by atoms with Gasteiger partial charge in [-0.25, -0.2) is 4.98 Å². The summed E-state index contributed by atoms with van der Waals surface area (Å²) in [4.78, 5) is 3.55. The van der Waals surface area contributed by atoms with Crippen molar-refractivity contribution in [1.29, 1.82) is 5.26 Å². The van der Waals surface area contributed by atoms with Gasteiger partial charge in [0.2, 0.25) is 5.95 Å². The van der Waals surface area contributed by atoms with E-state index in [-0.39, 0.29) is 0 Å². The van der Waals surface area contributed by atoms with Crippen LogP contribution in [0.3, 0.4) is 0 Å². The van der Waals surface area contributed by atoms with Crippen LogP contribution in [0.15, 0.2) is 36.5 Å². The zero-order chi connectivity index (χ0) is 11.5. The van der Waals surface area contributed by atoms with Crippen LogP contribution >= 0.6 is 11.6 Å². The molecule has 0 saturated carbocycles. The van der Waals surface area contributed by atoms with Crippen molar-refractivity contribution in [3.8, 4) is 17.2 Å². The zero-order valence-electron chi connectivity index (χ0n) is 8.11. The van der Waals surface area contributed by atoms with Gasteiger partial charge in [-0.1, -0.05) is 17.7 Å². The average molecular weight is 233 g/mol. The Kier molecular flexibility index (Phi) is 2.84. The smallest absolute Gasteiger partial charge is 0.220 e.